The minimum absolute atomic E-state index is 0.374. The zero-order valence-corrected chi connectivity index (χ0v) is 8.06. The minimum Gasteiger partial charge on any atom is -0.465 e. The third-order valence-corrected chi connectivity index (χ3v) is 3.56. The van der Waals surface area contributed by atoms with Crippen molar-refractivity contribution in [2.75, 3.05) is 27.5 Å². The Hall–Kier alpha value is -0.593. The maximum Gasteiger partial charge on any atom is 0.400 e. The predicted octanol–water partition coefficient (Wildman–Crippen LogP) is -0.351. The SMILES string of the molecule is COC[SiH](OC)N(C)C(=O)O. The average molecular weight is 179 g/mol. The van der Waals surface area contributed by atoms with E-state index in [0.29, 0.717) is 6.23 Å². The van der Waals surface area contributed by atoms with Crippen molar-refractivity contribution in [3.8, 4) is 0 Å². The van der Waals surface area contributed by atoms with Gasteiger partial charge in [-0.15, -0.1) is 0 Å². The smallest absolute Gasteiger partial charge is 0.400 e. The summed E-state index contributed by atoms with van der Waals surface area (Å²) in [6.07, 6.45) is -0.597. The molecule has 0 fully saturated rings. The van der Waals surface area contributed by atoms with Crippen LogP contribution in [0.2, 0.25) is 0 Å². The zero-order chi connectivity index (χ0) is 8.85. The highest BCUT2D eigenvalue weighted by Crippen LogP contribution is 1.92. The van der Waals surface area contributed by atoms with E-state index in [4.69, 9.17) is 14.3 Å². The molecule has 1 amide bonds. The number of methoxy groups -OCH3 is 1. The fourth-order valence-corrected chi connectivity index (χ4v) is 1.81. The predicted molar refractivity (Wildman–Crippen MR) is 41.8 cm³/mol. The fraction of sp³-hybridized carbons (Fsp3) is 0.800. The van der Waals surface area contributed by atoms with Crippen LogP contribution in [0.1, 0.15) is 0 Å². The maximum absolute atomic E-state index is 10.4. The van der Waals surface area contributed by atoms with Crippen molar-refractivity contribution >= 4 is 15.3 Å². The van der Waals surface area contributed by atoms with Crippen LogP contribution in [0.5, 0.6) is 0 Å². The van der Waals surface area contributed by atoms with Gasteiger partial charge in [0.05, 0.1) is 6.23 Å². The summed E-state index contributed by atoms with van der Waals surface area (Å²) in [5, 5.41) is 8.54. The van der Waals surface area contributed by atoms with Crippen LogP contribution < -0.4 is 0 Å². The van der Waals surface area contributed by atoms with E-state index < -0.39 is 15.3 Å². The Morgan fingerprint density at radius 3 is 2.45 bits per heavy atom. The lowest BCUT2D eigenvalue weighted by molar-refractivity contribution is 0.162. The molecule has 0 spiro atoms. The molecule has 11 heavy (non-hydrogen) atoms. The van der Waals surface area contributed by atoms with Crippen LogP contribution in [-0.4, -0.2) is 52.5 Å². The van der Waals surface area contributed by atoms with Gasteiger partial charge in [0.2, 0.25) is 0 Å². The Morgan fingerprint density at radius 2 is 2.18 bits per heavy atom. The van der Waals surface area contributed by atoms with Gasteiger partial charge in [-0.25, -0.2) is 4.79 Å². The summed E-state index contributed by atoms with van der Waals surface area (Å²) in [7, 11) is 2.65. The van der Waals surface area contributed by atoms with Crippen LogP contribution in [0.15, 0.2) is 0 Å². The maximum atomic E-state index is 10.4. The molecule has 0 heterocycles. The quantitative estimate of drug-likeness (QED) is 0.599. The van der Waals surface area contributed by atoms with E-state index in [-0.39, 0.29) is 0 Å². The van der Waals surface area contributed by atoms with E-state index in [0.717, 1.165) is 0 Å². The highest BCUT2D eigenvalue weighted by Gasteiger charge is 2.20. The highest BCUT2D eigenvalue weighted by atomic mass is 28.3. The van der Waals surface area contributed by atoms with Gasteiger partial charge in [0.1, 0.15) is 0 Å². The Labute approximate surface area is 67.3 Å². The van der Waals surface area contributed by atoms with Crippen LogP contribution in [0.25, 0.3) is 0 Å². The van der Waals surface area contributed by atoms with Crippen LogP contribution >= 0.6 is 0 Å². The summed E-state index contributed by atoms with van der Waals surface area (Å²) in [5.41, 5.74) is 0. The third kappa shape index (κ3) is 3.35. The summed E-state index contributed by atoms with van der Waals surface area (Å²) in [6.45, 7) is 0. The lowest BCUT2D eigenvalue weighted by Crippen LogP contribution is -2.45. The summed E-state index contributed by atoms with van der Waals surface area (Å²) in [4.78, 5) is 10.4. The molecule has 1 N–H and O–H groups in total. The monoisotopic (exact) mass is 179 g/mol. The number of hydrogen-bond acceptors (Lipinski definition) is 3. The van der Waals surface area contributed by atoms with Crippen LogP contribution in [0.4, 0.5) is 4.79 Å². The van der Waals surface area contributed by atoms with Gasteiger partial charge in [0, 0.05) is 21.3 Å². The molecule has 0 aliphatic carbocycles. The standard InChI is InChI=1S/C5H13NO4Si/c1-6(5(7)8)11(10-3)4-9-2/h11H,4H2,1-3H3,(H,7,8). The molecule has 0 aliphatic rings. The molecule has 0 aromatic carbocycles. The van der Waals surface area contributed by atoms with Crippen LogP contribution in [-0.2, 0) is 9.16 Å². The number of rotatable bonds is 4. The summed E-state index contributed by atoms with van der Waals surface area (Å²) >= 11 is 0. The summed E-state index contributed by atoms with van der Waals surface area (Å²) in [6, 6.07) is 0. The number of nitrogens with zero attached hydrogens (tertiary/aromatic N) is 1. The zero-order valence-electron chi connectivity index (χ0n) is 6.90. The number of amides is 1. The number of ether oxygens (including phenoxy) is 1. The molecule has 0 bridgehead atoms. The number of hydrogen-bond donors (Lipinski definition) is 1. The van der Waals surface area contributed by atoms with Crippen LogP contribution in [0, 0.1) is 0 Å². The van der Waals surface area contributed by atoms with Crippen LogP contribution in [0.3, 0.4) is 0 Å². The van der Waals surface area contributed by atoms with E-state index in [1.807, 2.05) is 0 Å². The number of carboxylic acid groups (broad SMARTS) is 1. The van der Waals surface area contributed by atoms with Gasteiger partial charge < -0.3 is 18.8 Å². The van der Waals surface area contributed by atoms with Gasteiger partial charge in [-0.2, -0.15) is 0 Å². The molecule has 0 rings (SSSR count). The van der Waals surface area contributed by atoms with Crippen molar-refractivity contribution in [3.05, 3.63) is 0 Å². The second-order valence-electron chi connectivity index (χ2n) is 2.04. The first-order valence-corrected chi connectivity index (χ1v) is 4.91. The van der Waals surface area contributed by atoms with Crippen molar-refractivity contribution in [3.63, 3.8) is 0 Å². The van der Waals surface area contributed by atoms with Crippen molar-refractivity contribution in [2.45, 2.75) is 0 Å². The van der Waals surface area contributed by atoms with Gasteiger partial charge in [-0.3, -0.25) is 0 Å². The van der Waals surface area contributed by atoms with E-state index in [2.05, 4.69) is 0 Å². The number of carbonyl (C=O) groups is 1. The highest BCUT2D eigenvalue weighted by molar-refractivity contribution is 6.51. The fourth-order valence-electron chi connectivity index (χ4n) is 0.604. The molecule has 0 aromatic rings. The second kappa shape index (κ2) is 5.11. The minimum atomic E-state index is -1.85. The second-order valence-corrected chi connectivity index (χ2v) is 4.53. The Morgan fingerprint density at radius 1 is 1.64 bits per heavy atom. The largest absolute Gasteiger partial charge is 0.465 e. The average Bonchev–Trinajstić information content (AvgIpc) is 1.98. The Bertz CT molecular complexity index is 132. The topological polar surface area (TPSA) is 59.0 Å². The van der Waals surface area contributed by atoms with Gasteiger partial charge in [0.25, 0.3) is 0 Å². The molecule has 0 radical (unpaired) electrons. The van der Waals surface area contributed by atoms with Gasteiger partial charge >= 0.3 is 15.3 Å². The molecule has 1 unspecified atom stereocenters. The molecule has 5 nitrogen and oxygen atoms in total. The molecule has 1 atom stereocenters. The van der Waals surface area contributed by atoms with E-state index in [9.17, 15) is 4.79 Å². The van der Waals surface area contributed by atoms with Crippen molar-refractivity contribution in [2.24, 2.45) is 0 Å². The van der Waals surface area contributed by atoms with Gasteiger partial charge in [0.15, 0.2) is 0 Å². The Kier molecular flexibility index (Phi) is 4.83. The molecule has 0 saturated carbocycles. The summed E-state index contributed by atoms with van der Waals surface area (Å²) < 4.78 is 11.0. The molecular formula is C5H13NO4Si. The molecule has 6 heteroatoms. The first-order chi connectivity index (χ1) is 5.13. The summed E-state index contributed by atoms with van der Waals surface area (Å²) in [5.74, 6) is 0. The normalized spacial score (nSPS) is 12.6. The molecule has 66 valence electrons. The van der Waals surface area contributed by atoms with Crippen molar-refractivity contribution in [1.82, 2.24) is 4.57 Å². The first-order valence-electron chi connectivity index (χ1n) is 3.11. The van der Waals surface area contributed by atoms with E-state index in [1.165, 1.54) is 25.8 Å². The Balaban J connectivity index is 3.91. The molecule has 0 saturated heterocycles. The molecular weight excluding hydrogens is 166 g/mol. The van der Waals surface area contributed by atoms with E-state index >= 15 is 0 Å². The molecule has 0 aliphatic heterocycles. The third-order valence-electron chi connectivity index (χ3n) is 1.32. The van der Waals surface area contributed by atoms with E-state index in [1.54, 1.807) is 0 Å². The molecule has 0 aromatic heterocycles. The lowest BCUT2D eigenvalue weighted by atomic mass is 11.1. The van der Waals surface area contributed by atoms with Crippen molar-refractivity contribution in [1.29, 1.82) is 0 Å². The first kappa shape index (κ1) is 10.4. The van der Waals surface area contributed by atoms with Crippen molar-refractivity contribution < 1.29 is 19.1 Å². The lowest BCUT2D eigenvalue weighted by Gasteiger charge is -2.20. The van der Waals surface area contributed by atoms with Gasteiger partial charge in [-0.1, -0.05) is 0 Å². The van der Waals surface area contributed by atoms with Gasteiger partial charge in [-0.05, 0) is 0 Å².